The molecule has 1 atom stereocenters. The first-order chi connectivity index (χ1) is 7.13. The Hall–Kier alpha value is -1.02. The molecule has 1 heterocycles. The Bertz CT molecular complexity index is 403. The Morgan fingerprint density at radius 1 is 1.53 bits per heavy atom. The van der Waals surface area contributed by atoms with Crippen LogP contribution in [0, 0.1) is 0 Å². The van der Waals surface area contributed by atoms with Crippen LogP contribution in [0.3, 0.4) is 0 Å². The minimum absolute atomic E-state index is 0.0521. The van der Waals surface area contributed by atoms with Gasteiger partial charge in [0.25, 0.3) is 0 Å². The predicted molar refractivity (Wildman–Crippen MR) is 62.4 cm³/mol. The molecule has 0 saturated carbocycles. The van der Waals surface area contributed by atoms with Gasteiger partial charge in [-0.3, -0.25) is 4.79 Å². The molecule has 80 valence electrons. The summed E-state index contributed by atoms with van der Waals surface area (Å²) in [5, 5.41) is 0.0521. The van der Waals surface area contributed by atoms with Gasteiger partial charge in [-0.05, 0) is 23.6 Å². The zero-order chi connectivity index (χ0) is 11.0. The molecule has 1 amide bonds. The van der Waals surface area contributed by atoms with Crippen LogP contribution < -0.4 is 4.90 Å². The van der Waals surface area contributed by atoms with Gasteiger partial charge in [0.2, 0.25) is 5.91 Å². The van der Waals surface area contributed by atoms with Crippen molar-refractivity contribution in [3.63, 3.8) is 0 Å². The number of anilines is 1. The molecule has 1 unspecified atom stereocenters. The summed E-state index contributed by atoms with van der Waals surface area (Å²) in [6, 6.07) is 6.05. The van der Waals surface area contributed by atoms with E-state index >= 15 is 0 Å². The van der Waals surface area contributed by atoms with E-state index in [0.717, 1.165) is 23.2 Å². The van der Waals surface area contributed by atoms with E-state index in [1.54, 1.807) is 4.90 Å². The van der Waals surface area contributed by atoms with Crippen molar-refractivity contribution in [3.8, 4) is 0 Å². The van der Waals surface area contributed by atoms with Gasteiger partial charge in [-0.15, -0.1) is 11.6 Å². The minimum Gasteiger partial charge on any atom is -0.315 e. The third kappa shape index (κ3) is 1.74. The quantitative estimate of drug-likeness (QED) is 0.706. The number of fused-ring (bicyclic) bond motifs is 1. The lowest BCUT2D eigenvalue weighted by atomic mass is 10.0. The topological polar surface area (TPSA) is 20.3 Å². The molecule has 0 fully saturated rings. The summed E-state index contributed by atoms with van der Waals surface area (Å²) >= 11 is 6.17. The number of nitrogens with zero attached hydrogens (tertiary/aromatic N) is 1. The van der Waals surface area contributed by atoms with Crippen molar-refractivity contribution >= 4 is 23.2 Å². The van der Waals surface area contributed by atoms with E-state index in [0.29, 0.717) is 6.42 Å². The molecule has 0 aliphatic carbocycles. The standard InChI is InChI=1S/C12H14ClNO/c1-3-10(13)8-4-5-11-9(6-8)7-12(15)14(11)2/h4-6,10H,3,7H2,1-2H3. The van der Waals surface area contributed by atoms with E-state index in [1.165, 1.54) is 0 Å². The summed E-state index contributed by atoms with van der Waals surface area (Å²) < 4.78 is 0. The second kappa shape index (κ2) is 3.86. The van der Waals surface area contributed by atoms with Gasteiger partial charge < -0.3 is 4.90 Å². The van der Waals surface area contributed by atoms with Crippen molar-refractivity contribution in [3.05, 3.63) is 29.3 Å². The van der Waals surface area contributed by atoms with E-state index in [9.17, 15) is 4.79 Å². The molecule has 0 radical (unpaired) electrons. The zero-order valence-corrected chi connectivity index (χ0v) is 9.71. The Morgan fingerprint density at radius 2 is 2.27 bits per heavy atom. The molecule has 1 aromatic rings. The monoisotopic (exact) mass is 223 g/mol. The lowest BCUT2D eigenvalue weighted by Crippen LogP contribution is -2.20. The predicted octanol–water partition coefficient (Wildman–Crippen LogP) is 2.90. The summed E-state index contributed by atoms with van der Waals surface area (Å²) in [6.07, 6.45) is 1.41. The molecule has 1 aliphatic rings. The van der Waals surface area contributed by atoms with Crippen LogP contribution in [0.15, 0.2) is 18.2 Å². The first-order valence-corrected chi connectivity index (χ1v) is 5.60. The lowest BCUT2D eigenvalue weighted by Gasteiger charge is -2.12. The Balaban J connectivity index is 2.37. The number of carbonyl (C=O) groups excluding carboxylic acids is 1. The molecular weight excluding hydrogens is 210 g/mol. The summed E-state index contributed by atoms with van der Waals surface area (Å²) in [7, 11) is 1.81. The van der Waals surface area contributed by atoms with Gasteiger partial charge in [0, 0.05) is 12.7 Å². The number of alkyl halides is 1. The van der Waals surface area contributed by atoms with Crippen LogP contribution in [0.2, 0.25) is 0 Å². The molecule has 0 N–H and O–H groups in total. The van der Waals surface area contributed by atoms with Crippen molar-refractivity contribution in [1.29, 1.82) is 0 Å². The SMILES string of the molecule is CCC(Cl)c1ccc2c(c1)CC(=O)N2C. The van der Waals surface area contributed by atoms with Crippen molar-refractivity contribution in [2.24, 2.45) is 0 Å². The van der Waals surface area contributed by atoms with Crippen molar-refractivity contribution in [2.45, 2.75) is 25.1 Å². The van der Waals surface area contributed by atoms with Gasteiger partial charge in [-0.1, -0.05) is 19.1 Å². The van der Waals surface area contributed by atoms with Crippen molar-refractivity contribution < 1.29 is 4.79 Å². The molecule has 3 heteroatoms. The van der Waals surface area contributed by atoms with Gasteiger partial charge in [0.15, 0.2) is 0 Å². The van der Waals surface area contributed by atoms with Gasteiger partial charge in [0.1, 0.15) is 0 Å². The molecule has 0 aromatic heterocycles. The molecule has 0 spiro atoms. The van der Waals surface area contributed by atoms with Gasteiger partial charge in [0.05, 0.1) is 11.8 Å². The van der Waals surface area contributed by atoms with Crippen LogP contribution >= 0.6 is 11.6 Å². The number of amides is 1. The molecule has 2 nitrogen and oxygen atoms in total. The van der Waals surface area contributed by atoms with E-state index in [2.05, 4.69) is 13.0 Å². The molecule has 1 aromatic carbocycles. The zero-order valence-electron chi connectivity index (χ0n) is 8.96. The van der Waals surface area contributed by atoms with Crippen LogP contribution in [0.25, 0.3) is 0 Å². The summed E-state index contributed by atoms with van der Waals surface area (Å²) in [6.45, 7) is 2.06. The third-order valence-corrected chi connectivity index (χ3v) is 3.46. The largest absolute Gasteiger partial charge is 0.315 e. The number of halogens is 1. The van der Waals surface area contributed by atoms with Crippen LogP contribution in [-0.2, 0) is 11.2 Å². The van der Waals surface area contributed by atoms with Crippen molar-refractivity contribution in [1.82, 2.24) is 0 Å². The fourth-order valence-corrected chi connectivity index (χ4v) is 2.06. The Labute approximate surface area is 94.8 Å². The van der Waals surface area contributed by atoms with Gasteiger partial charge >= 0.3 is 0 Å². The highest BCUT2D eigenvalue weighted by atomic mass is 35.5. The highest BCUT2D eigenvalue weighted by Gasteiger charge is 2.24. The normalized spacial score (nSPS) is 16.7. The van der Waals surface area contributed by atoms with Crippen LogP contribution in [-0.4, -0.2) is 13.0 Å². The molecule has 15 heavy (non-hydrogen) atoms. The summed E-state index contributed by atoms with van der Waals surface area (Å²) in [5.41, 5.74) is 3.23. The van der Waals surface area contributed by atoms with E-state index in [-0.39, 0.29) is 11.3 Å². The Morgan fingerprint density at radius 3 is 2.93 bits per heavy atom. The van der Waals surface area contributed by atoms with E-state index < -0.39 is 0 Å². The van der Waals surface area contributed by atoms with Gasteiger partial charge in [-0.2, -0.15) is 0 Å². The highest BCUT2D eigenvalue weighted by molar-refractivity contribution is 6.20. The first-order valence-electron chi connectivity index (χ1n) is 5.17. The minimum atomic E-state index is 0.0521. The summed E-state index contributed by atoms with van der Waals surface area (Å²) in [4.78, 5) is 13.2. The molecule has 1 aliphatic heterocycles. The summed E-state index contributed by atoms with van der Waals surface area (Å²) in [5.74, 6) is 0.157. The highest BCUT2D eigenvalue weighted by Crippen LogP contribution is 2.32. The number of rotatable bonds is 2. The Kier molecular flexibility index (Phi) is 2.70. The van der Waals surface area contributed by atoms with E-state index in [1.807, 2.05) is 19.2 Å². The van der Waals surface area contributed by atoms with Gasteiger partial charge in [-0.25, -0.2) is 0 Å². The average molecular weight is 224 g/mol. The molecular formula is C12H14ClNO. The smallest absolute Gasteiger partial charge is 0.231 e. The number of benzene rings is 1. The maximum Gasteiger partial charge on any atom is 0.231 e. The van der Waals surface area contributed by atoms with Crippen LogP contribution in [0.4, 0.5) is 5.69 Å². The van der Waals surface area contributed by atoms with Crippen LogP contribution in [0.1, 0.15) is 29.8 Å². The van der Waals surface area contributed by atoms with Crippen LogP contribution in [0.5, 0.6) is 0 Å². The lowest BCUT2D eigenvalue weighted by molar-refractivity contribution is -0.117. The van der Waals surface area contributed by atoms with Crippen molar-refractivity contribution in [2.75, 3.05) is 11.9 Å². The number of hydrogen-bond acceptors (Lipinski definition) is 1. The number of likely N-dealkylation sites (N-methyl/N-ethyl adjacent to an activating group) is 1. The fraction of sp³-hybridized carbons (Fsp3) is 0.417. The number of hydrogen-bond donors (Lipinski definition) is 0. The molecule has 0 bridgehead atoms. The molecule has 0 saturated heterocycles. The number of carbonyl (C=O) groups is 1. The third-order valence-electron chi connectivity index (χ3n) is 2.90. The second-order valence-electron chi connectivity index (χ2n) is 3.89. The first kappa shape index (κ1) is 10.5. The average Bonchev–Trinajstić information content (AvgIpc) is 2.53. The maximum atomic E-state index is 11.5. The van der Waals surface area contributed by atoms with E-state index in [4.69, 9.17) is 11.6 Å². The molecule has 2 rings (SSSR count). The second-order valence-corrected chi connectivity index (χ2v) is 4.42. The fourth-order valence-electron chi connectivity index (χ4n) is 1.92. The maximum absolute atomic E-state index is 11.5.